The molecule has 48 heavy (non-hydrogen) atoms. The minimum atomic E-state index is -0.205. The molecule has 1 saturated heterocycles. The molecule has 4 aliphatic carbocycles. The van der Waals surface area contributed by atoms with Gasteiger partial charge in [-0.1, -0.05) is 88.0 Å². The van der Waals surface area contributed by atoms with Gasteiger partial charge in [-0.05, 0) is 115 Å². The van der Waals surface area contributed by atoms with Crippen LogP contribution in [0.5, 0.6) is 0 Å². The van der Waals surface area contributed by atoms with E-state index in [-0.39, 0.29) is 35.1 Å². The quantitative estimate of drug-likeness (QED) is 0.179. The van der Waals surface area contributed by atoms with Crippen LogP contribution in [0.15, 0.2) is 72.8 Å². The summed E-state index contributed by atoms with van der Waals surface area (Å²) in [7, 11) is 0. The third kappa shape index (κ3) is 6.56. The fraction of sp³-hybridized carbons (Fsp3) is 0.651. The van der Waals surface area contributed by atoms with Gasteiger partial charge < -0.3 is 18.9 Å². The van der Waals surface area contributed by atoms with Crippen LogP contribution in [0.4, 0.5) is 0 Å². The normalized spacial score (nSPS) is 39.2. The first-order valence-corrected chi connectivity index (χ1v) is 18.9. The molecule has 260 valence electrons. The Bertz CT molecular complexity index is 1410. The third-order valence-electron chi connectivity index (χ3n) is 13.8. The summed E-state index contributed by atoms with van der Waals surface area (Å²) in [5, 5.41) is 0. The van der Waals surface area contributed by atoms with E-state index in [2.05, 4.69) is 81.4 Å². The van der Waals surface area contributed by atoms with Crippen LogP contribution in [0.25, 0.3) is 0 Å². The second kappa shape index (κ2) is 14.0. The predicted octanol–water partition coefficient (Wildman–Crippen LogP) is 9.34. The van der Waals surface area contributed by atoms with Crippen LogP contribution in [-0.2, 0) is 37.0 Å². The Balaban J connectivity index is 1.08. The fourth-order valence-corrected chi connectivity index (χ4v) is 11.5. The van der Waals surface area contributed by atoms with Gasteiger partial charge in [0.1, 0.15) is 0 Å². The summed E-state index contributed by atoms with van der Waals surface area (Å²) in [4.78, 5) is 11.3. The molecule has 7 rings (SSSR count). The first-order chi connectivity index (χ1) is 23.2. The van der Waals surface area contributed by atoms with Gasteiger partial charge in [0, 0.05) is 12.8 Å². The van der Waals surface area contributed by atoms with Crippen LogP contribution >= 0.6 is 0 Å². The standard InChI is InChI=1S/C43H58O5/c1-28(25-45-30(3)44)16-19-37-29(2)40-38(48-37)23-36-35-18-17-33-22-34(46-26-31-12-8-6-9-13-31)20-21-42(33,4)41(35)39(24-43(36,40)5)47-27-32-14-10-7-11-15-32/h6-15,28,33-41H,2,16-27H2,1,3-5H3/t28-,33+,34-,35+,36+,37-,38+,39+,40+,41-,42+,43+/m1/s1. The smallest absolute Gasteiger partial charge is 0.302 e. The number of ether oxygens (including phenoxy) is 4. The lowest BCUT2D eigenvalue weighted by molar-refractivity contribution is -0.197. The molecule has 5 nitrogen and oxygen atoms in total. The lowest BCUT2D eigenvalue weighted by Crippen LogP contribution is -2.59. The molecule has 0 bridgehead atoms. The van der Waals surface area contributed by atoms with Gasteiger partial charge in [-0.25, -0.2) is 0 Å². The highest BCUT2D eigenvalue weighted by atomic mass is 16.5. The number of hydrogen-bond acceptors (Lipinski definition) is 5. The van der Waals surface area contributed by atoms with Gasteiger partial charge in [0.05, 0.1) is 44.2 Å². The van der Waals surface area contributed by atoms with Crippen molar-refractivity contribution < 1.29 is 23.7 Å². The summed E-state index contributed by atoms with van der Waals surface area (Å²) in [6, 6.07) is 21.4. The van der Waals surface area contributed by atoms with Crippen LogP contribution in [0.2, 0.25) is 0 Å². The summed E-state index contributed by atoms with van der Waals surface area (Å²) in [6.07, 6.45) is 11.2. The van der Waals surface area contributed by atoms with Gasteiger partial charge in [0.25, 0.3) is 0 Å². The second-order valence-corrected chi connectivity index (χ2v) is 16.8. The van der Waals surface area contributed by atoms with Gasteiger partial charge >= 0.3 is 5.97 Å². The molecule has 2 aromatic rings. The van der Waals surface area contributed by atoms with Crippen molar-refractivity contribution in [1.29, 1.82) is 0 Å². The molecule has 0 amide bonds. The highest BCUT2D eigenvalue weighted by Gasteiger charge is 2.67. The monoisotopic (exact) mass is 654 g/mol. The van der Waals surface area contributed by atoms with Crippen molar-refractivity contribution in [2.75, 3.05) is 6.61 Å². The Hall–Kier alpha value is -2.47. The summed E-state index contributed by atoms with van der Waals surface area (Å²) < 4.78 is 25.9. The minimum absolute atomic E-state index is 0.0957. The van der Waals surface area contributed by atoms with E-state index >= 15 is 0 Å². The molecule has 1 aliphatic heterocycles. The van der Waals surface area contributed by atoms with E-state index in [4.69, 9.17) is 25.5 Å². The molecule has 0 radical (unpaired) electrons. The number of benzene rings is 2. The maximum Gasteiger partial charge on any atom is 0.302 e. The first-order valence-electron chi connectivity index (χ1n) is 18.9. The van der Waals surface area contributed by atoms with Gasteiger partial charge in [0.15, 0.2) is 0 Å². The third-order valence-corrected chi connectivity index (χ3v) is 13.8. The van der Waals surface area contributed by atoms with Crippen molar-refractivity contribution in [2.45, 2.75) is 123 Å². The zero-order valence-electron chi connectivity index (χ0n) is 29.8. The van der Waals surface area contributed by atoms with Gasteiger partial charge in [0.2, 0.25) is 0 Å². The molecule has 0 spiro atoms. The Kier molecular flexibility index (Phi) is 9.94. The molecule has 4 saturated carbocycles. The average Bonchev–Trinajstić information content (AvgIpc) is 3.57. The number of hydrogen-bond donors (Lipinski definition) is 0. The van der Waals surface area contributed by atoms with E-state index in [1.54, 1.807) is 0 Å². The summed E-state index contributed by atoms with van der Waals surface area (Å²) in [5.41, 5.74) is 4.22. The molecule has 5 fully saturated rings. The van der Waals surface area contributed by atoms with Gasteiger partial charge in [-0.3, -0.25) is 4.79 Å². The Morgan fingerprint density at radius 1 is 0.938 bits per heavy atom. The molecule has 0 aromatic heterocycles. The lowest BCUT2D eigenvalue weighted by atomic mass is 9.43. The maximum atomic E-state index is 11.3. The Labute approximate surface area is 289 Å². The molecule has 5 heteroatoms. The Morgan fingerprint density at radius 2 is 1.62 bits per heavy atom. The van der Waals surface area contributed by atoms with E-state index in [1.165, 1.54) is 49.3 Å². The number of rotatable bonds is 11. The van der Waals surface area contributed by atoms with Crippen LogP contribution in [0, 0.1) is 46.3 Å². The highest BCUT2D eigenvalue weighted by molar-refractivity contribution is 5.65. The van der Waals surface area contributed by atoms with Crippen molar-refractivity contribution in [2.24, 2.45) is 46.3 Å². The summed E-state index contributed by atoms with van der Waals surface area (Å²) in [5.74, 6) is 3.01. The zero-order chi connectivity index (χ0) is 33.5. The summed E-state index contributed by atoms with van der Waals surface area (Å²) >= 11 is 0. The van der Waals surface area contributed by atoms with Crippen LogP contribution in [0.3, 0.4) is 0 Å². The van der Waals surface area contributed by atoms with Gasteiger partial charge in [-0.15, -0.1) is 0 Å². The molecular formula is C43H58O5. The number of fused-ring (bicyclic) bond motifs is 7. The van der Waals surface area contributed by atoms with Crippen LogP contribution in [0.1, 0.15) is 96.6 Å². The number of carbonyl (C=O) groups is 1. The van der Waals surface area contributed by atoms with Crippen molar-refractivity contribution in [3.05, 3.63) is 83.9 Å². The van der Waals surface area contributed by atoms with E-state index in [9.17, 15) is 4.79 Å². The SMILES string of the molecule is C=C1[C@@H](CC[C@@H](C)COC(C)=O)O[C@H]2C[C@H]3[C@@H]4CC[C@H]5C[C@H](OCc6ccccc6)CC[C@]5(C)[C@H]4[C@@H](OCc4ccccc4)C[C@]3(C)[C@@H]12. The zero-order valence-corrected chi connectivity index (χ0v) is 29.8. The predicted molar refractivity (Wildman–Crippen MR) is 189 cm³/mol. The van der Waals surface area contributed by atoms with Crippen molar-refractivity contribution >= 4 is 5.97 Å². The minimum Gasteiger partial charge on any atom is -0.466 e. The highest BCUT2D eigenvalue weighted by Crippen LogP contribution is 2.70. The molecular weight excluding hydrogens is 596 g/mol. The molecule has 12 atom stereocenters. The van der Waals surface area contributed by atoms with E-state index < -0.39 is 0 Å². The average molecular weight is 655 g/mol. The lowest BCUT2D eigenvalue weighted by Gasteiger charge is -2.63. The fourth-order valence-electron chi connectivity index (χ4n) is 11.5. The molecule has 1 heterocycles. The Morgan fingerprint density at radius 3 is 2.31 bits per heavy atom. The first kappa shape index (κ1) is 34.0. The van der Waals surface area contributed by atoms with Crippen LogP contribution in [-0.4, -0.2) is 37.0 Å². The van der Waals surface area contributed by atoms with Crippen molar-refractivity contribution in [3.8, 4) is 0 Å². The van der Waals surface area contributed by atoms with Gasteiger partial charge in [-0.2, -0.15) is 0 Å². The van der Waals surface area contributed by atoms with E-state index in [1.807, 2.05) is 0 Å². The molecule has 2 aromatic carbocycles. The molecule has 5 aliphatic rings. The summed E-state index contributed by atoms with van der Waals surface area (Å²) in [6.45, 7) is 15.5. The number of carbonyl (C=O) groups excluding carboxylic acids is 1. The van der Waals surface area contributed by atoms with E-state index in [0.717, 1.165) is 32.1 Å². The second-order valence-electron chi connectivity index (χ2n) is 16.8. The molecule has 0 N–H and O–H groups in total. The van der Waals surface area contributed by atoms with Crippen LogP contribution < -0.4 is 0 Å². The maximum absolute atomic E-state index is 11.3. The van der Waals surface area contributed by atoms with Crippen molar-refractivity contribution in [3.63, 3.8) is 0 Å². The van der Waals surface area contributed by atoms with Crippen molar-refractivity contribution in [1.82, 2.24) is 0 Å². The molecule has 0 unspecified atom stereocenters. The number of esters is 1. The topological polar surface area (TPSA) is 54.0 Å². The largest absolute Gasteiger partial charge is 0.466 e. The van der Waals surface area contributed by atoms with E-state index in [0.29, 0.717) is 61.4 Å².